The smallest absolute Gasteiger partial charge is 0.254 e. The molecule has 2 rings (SSSR count). The summed E-state index contributed by atoms with van der Waals surface area (Å²) in [7, 11) is 0. The van der Waals surface area contributed by atoms with E-state index in [1.165, 1.54) is 23.5 Å². The van der Waals surface area contributed by atoms with Crippen LogP contribution >= 0.6 is 11.3 Å². The van der Waals surface area contributed by atoms with E-state index in [1.807, 2.05) is 12.3 Å². The monoisotopic (exact) mass is 250 g/mol. The predicted molar refractivity (Wildman–Crippen MR) is 64.4 cm³/mol. The number of nitrogens with one attached hydrogen (secondary N) is 1. The summed E-state index contributed by atoms with van der Waals surface area (Å²) in [5.41, 5.74) is 3.39. The van der Waals surface area contributed by atoms with Gasteiger partial charge in [-0.05, 0) is 19.1 Å². The Labute approximate surface area is 102 Å². The fourth-order valence-corrected chi connectivity index (χ4v) is 1.96. The van der Waals surface area contributed by atoms with E-state index in [9.17, 15) is 9.18 Å². The Morgan fingerprint density at radius 2 is 2.35 bits per heavy atom. The van der Waals surface area contributed by atoms with Crippen LogP contribution in [0.5, 0.6) is 0 Å². The molecule has 0 fully saturated rings. The Morgan fingerprint density at radius 1 is 1.53 bits per heavy atom. The highest BCUT2D eigenvalue weighted by Crippen LogP contribution is 2.10. The van der Waals surface area contributed by atoms with Gasteiger partial charge in [0.2, 0.25) is 0 Å². The summed E-state index contributed by atoms with van der Waals surface area (Å²) in [5.74, 6) is -0.925. The third-order valence-electron chi connectivity index (χ3n) is 2.28. The van der Waals surface area contributed by atoms with Gasteiger partial charge < -0.3 is 5.32 Å². The third-order valence-corrected chi connectivity index (χ3v) is 2.92. The number of thiazole rings is 1. The lowest BCUT2D eigenvalue weighted by molar-refractivity contribution is 0.0946. The van der Waals surface area contributed by atoms with Crippen LogP contribution in [0.3, 0.4) is 0 Å². The zero-order valence-electron chi connectivity index (χ0n) is 9.24. The van der Waals surface area contributed by atoms with Gasteiger partial charge in [0, 0.05) is 5.38 Å². The van der Waals surface area contributed by atoms with Gasteiger partial charge >= 0.3 is 0 Å². The topological polar surface area (TPSA) is 42.0 Å². The number of aromatic nitrogens is 1. The lowest BCUT2D eigenvalue weighted by Gasteiger charge is -2.05. The first-order valence-corrected chi connectivity index (χ1v) is 6.02. The number of carbonyl (C=O) groups excluding carboxylic acids is 1. The molecule has 0 aliphatic rings. The Bertz CT molecular complexity index is 525. The molecule has 3 nitrogen and oxygen atoms in total. The van der Waals surface area contributed by atoms with Crippen molar-refractivity contribution in [3.63, 3.8) is 0 Å². The summed E-state index contributed by atoms with van der Waals surface area (Å²) < 4.78 is 13.4. The minimum atomic E-state index is -0.508. The average molecular weight is 250 g/mol. The van der Waals surface area contributed by atoms with E-state index in [0.717, 1.165) is 11.3 Å². The number of amides is 1. The van der Waals surface area contributed by atoms with Gasteiger partial charge in [-0.25, -0.2) is 9.37 Å². The van der Waals surface area contributed by atoms with Crippen molar-refractivity contribution in [1.82, 2.24) is 10.3 Å². The van der Waals surface area contributed by atoms with Crippen LogP contribution in [-0.2, 0) is 6.54 Å². The van der Waals surface area contributed by atoms with Gasteiger partial charge in [-0.1, -0.05) is 11.6 Å². The van der Waals surface area contributed by atoms with Crippen molar-refractivity contribution in [3.05, 3.63) is 51.7 Å². The lowest BCUT2D eigenvalue weighted by atomic mass is 10.1. The summed E-state index contributed by atoms with van der Waals surface area (Å²) >= 11 is 1.46. The molecule has 5 heteroatoms. The SMILES string of the molecule is Cc1ccc(F)c(C(=O)NCc2cscn2)c1. The number of halogens is 1. The fourth-order valence-electron chi connectivity index (χ4n) is 1.40. The van der Waals surface area contributed by atoms with Crippen LogP contribution in [0.1, 0.15) is 21.6 Å². The number of nitrogens with zero attached hydrogens (tertiary/aromatic N) is 1. The van der Waals surface area contributed by atoms with Gasteiger partial charge in [0.05, 0.1) is 23.3 Å². The van der Waals surface area contributed by atoms with E-state index in [1.54, 1.807) is 11.6 Å². The molecule has 1 aromatic heterocycles. The molecule has 0 aliphatic carbocycles. The minimum Gasteiger partial charge on any atom is -0.346 e. The third kappa shape index (κ3) is 2.88. The highest BCUT2D eigenvalue weighted by molar-refractivity contribution is 7.07. The standard InChI is InChI=1S/C12H11FN2OS/c1-8-2-3-11(13)10(4-8)12(16)14-5-9-6-17-7-15-9/h2-4,6-7H,5H2,1H3,(H,14,16). The van der Waals surface area contributed by atoms with Crippen LogP contribution in [0.25, 0.3) is 0 Å². The zero-order chi connectivity index (χ0) is 12.3. The number of carbonyl (C=O) groups is 1. The molecule has 1 aromatic carbocycles. The van der Waals surface area contributed by atoms with Crippen LogP contribution in [0.4, 0.5) is 4.39 Å². The molecule has 0 aliphatic heterocycles. The molecule has 0 saturated carbocycles. The van der Waals surface area contributed by atoms with E-state index >= 15 is 0 Å². The van der Waals surface area contributed by atoms with Crippen LogP contribution in [0.15, 0.2) is 29.1 Å². The first kappa shape index (κ1) is 11.7. The molecule has 1 N–H and O–H groups in total. The predicted octanol–water partition coefficient (Wildman–Crippen LogP) is 2.52. The number of hydrogen-bond donors (Lipinski definition) is 1. The molecule has 1 heterocycles. The van der Waals surface area contributed by atoms with E-state index in [0.29, 0.717) is 6.54 Å². The summed E-state index contributed by atoms with van der Waals surface area (Å²) in [4.78, 5) is 15.8. The van der Waals surface area contributed by atoms with Gasteiger partial charge in [0.1, 0.15) is 5.82 Å². The second-order valence-corrected chi connectivity index (χ2v) is 4.36. The Morgan fingerprint density at radius 3 is 3.06 bits per heavy atom. The van der Waals surface area contributed by atoms with Crippen molar-refractivity contribution < 1.29 is 9.18 Å². The van der Waals surface area contributed by atoms with Crippen LogP contribution in [-0.4, -0.2) is 10.9 Å². The van der Waals surface area contributed by atoms with Gasteiger partial charge in [-0.15, -0.1) is 11.3 Å². The summed E-state index contributed by atoms with van der Waals surface area (Å²) in [6.45, 7) is 2.13. The van der Waals surface area contributed by atoms with Gasteiger partial charge in [0.15, 0.2) is 0 Å². The van der Waals surface area contributed by atoms with Crippen molar-refractivity contribution in [1.29, 1.82) is 0 Å². The number of rotatable bonds is 3. The molecule has 1 amide bonds. The molecule has 88 valence electrons. The molecule has 0 spiro atoms. The normalized spacial score (nSPS) is 10.2. The first-order chi connectivity index (χ1) is 8.16. The molecule has 0 unspecified atom stereocenters. The zero-order valence-corrected chi connectivity index (χ0v) is 10.1. The van der Waals surface area contributed by atoms with E-state index < -0.39 is 11.7 Å². The number of benzene rings is 1. The van der Waals surface area contributed by atoms with Crippen molar-refractivity contribution >= 4 is 17.2 Å². The fraction of sp³-hybridized carbons (Fsp3) is 0.167. The second-order valence-electron chi connectivity index (χ2n) is 3.65. The Balaban J connectivity index is 2.07. The van der Waals surface area contributed by atoms with Crippen LogP contribution in [0.2, 0.25) is 0 Å². The van der Waals surface area contributed by atoms with Crippen molar-refractivity contribution in [2.24, 2.45) is 0 Å². The molecule has 2 aromatic rings. The maximum Gasteiger partial charge on any atom is 0.254 e. The number of hydrogen-bond acceptors (Lipinski definition) is 3. The van der Waals surface area contributed by atoms with Gasteiger partial charge in [-0.2, -0.15) is 0 Å². The highest BCUT2D eigenvalue weighted by atomic mass is 32.1. The minimum absolute atomic E-state index is 0.0697. The largest absolute Gasteiger partial charge is 0.346 e. The Kier molecular flexibility index (Phi) is 3.49. The van der Waals surface area contributed by atoms with Crippen LogP contribution < -0.4 is 5.32 Å². The number of aryl methyl sites for hydroxylation is 1. The van der Waals surface area contributed by atoms with E-state index in [4.69, 9.17) is 0 Å². The van der Waals surface area contributed by atoms with Crippen LogP contribution in [0, 0.1) is 12.7 Å². The summed E-state index contributed by atoms with van der Waals surface area (Å²) in [6.07, 6.45) is 0. The van der Waals surface area contributed by atoms with Crippen molar-refractivity contribution in [2.45, 2.75) is 13.5 Å². The summed E-state index contributed by atoms with van der Waals surface area (Å²) in [6, 6.07) is 4.46. The molecule has 17 heavy (non-hydrogen) atoms. The molecular weight excluding hydrogens is 239 g/mol. The lowest BCUT2D eigenvalue weighted by Crippen LogP contribution is -2.24. The Hall–Kier alpha value is -1.75. The highest BCUT2D eigenvalue weighted by Gasteiger charge is 2.11. The quantitative estimate of drug-likeness (QED) is 0.909. The molecule has 0 bridgehead atoms. The van der Waals surface area contributed by atoms with Crippen molar-refractivity contribution in [3.8, 4) is 0 Å². The average Bonchev–Trinajstić information content (AvgIpc) is 2.82. The van der Waals surface area contributed by atoms with Gasteiger partial charge in [-0.3, -0.25) is 4.79 Å². The molecular formula is C12H11FN2OS. The van der Waals surface area contributed by atoms with E-state index in [-0.39, 0.29) is 5.56 Å². The maximum absolute atomic E-state index is 13.4. The van der Waals surface area contributed by atoms with Gasteiger partial charge in [0.25, 0.3) is 5.91 Å². The first-order valence-electron chi connectivity index (χ1n) is 5.08. The summed E-state index contributed by atoms with van der Waals surface area (Å²) in [5, 5.41) is 4.47. The van der Waals surface area contributed by atoms with E-state index in [2.05, 4.69) is 10.3 Å². The molecule has 0 saturated heterocycles. The molecule has 0 radical (unpaired) electrons. The second kappa shape index (κ2) is 5.05. The molecule has 0 atom stereocenters. The maximum atomic E-state index is 13.4. The van der Waals surface area contributed by atoms with Crippen molar-refractivity contribution in [2.75, 3.05) is 0 Å².